The molecule has 0 aliphatic heterocycles. The molecule has 0 fully saturated rings. The molecule has 0 saturated heterocycles. The van der Waals surface area contributed by atoms with Crippen LogP contribution < -0.4 is 5.32 Å². The molecule has 1 unspecified atom stereocenters. The molecule has 0 spiro atoms. The Kier molecular flexibility index (Phi) is 6.06. The van der Waals surface area contributed by atoms with Crippen molar-refractivity contribution in [1.82, 2.24) is 9.88 Å². The molecule has 0 radical (unpaired) electrons. The Hall–Kier alpha value is -2.46. The van der Waals surface area contributed by atoms with Crippen LogP contribution in [-0.2, 0) is 11.3 Å². The number of benzene rings is 1. The lowest BCUT2D eigenvalue weighted by Crippen LogP contribution is -2.21. The Morgan fingerprint density at radius 3 is 2.57 bits per heavy atom. The first-order chi connectivity index (χ1) is 11.1. The van der Waals surface area contributed by atoms with Crippen LogP contribution in [0.4, 0.5) is 5.82 Å². The summed E-state index contributed by atoms with van der Waals surface area (Å²) in [5.74, 6) is 0.253. The first kappa shape index (κ1) is 16.9. The molecule has 120 valence electrons. The highest BCUT2D eigenvalue weighted by atomic mass is 16.1. The van der Waals surface area contributed by atoms with Crippen LogP contribution in [0.2, 0.25) is 0 Å². The predicted octanol–water partition coefficient (Wildman–Crippen LogP) is 3.44. The maximum atomic E-state index is 12.6. The van der Waals surface area contributed by atoms with Crippen molar-refractivity contribution >= 4 is 11.7 Å². The van der Waals surface area contributed by atoms with Crippen LogP contribution >= 0.6 is 0 Å². The predicted molar refractivity (Wildman–Crippen MR) is 94.3 cm³/mol. The van der Waals surface area contributed by atoms with Gasteiger partial charge in [0, 0.05) is 12.7 Å². The Labute approximate surface area is 137 Å². The van der Waals surface area contributed by atoms with Gasteiger partial charge in [0.05, 0.1) is 5.92 Å². The second-order valence-electron chi connectivity index (χ2n) is 5.77. The van der Waals surface area contributed by atoms with Crippen molar-refractivity contribution < 1.29 is 4.79 Å². The Morgan fingerprint density at radius 1 is 1.26 bits per heavy atom. The second-order valence-corrected chi connectivity index (χ2v) is 5.77. The number of anilines is 1. The van der Waals surface area contributed by atoms with E-state index in [-0.39, 0.29) is 11.8 Å². The fourth-order valence-electron chi connectivity index (χ4n) is 2.42. The molecule has 1 atom stereocenters. The highest BCUT2D eigenvalue weighted by Crippen LogP contribution is 2.21. The summed E-state index contributed by atoms with van der Waals surface area (Å²) in [5, 5.41) is 2.89. The molecule has 1 aromatic carbocycles. The van der Waals surface area contributed by atoms with Gasteiger partial charge in [0.2, 0.25) is 5.91 Å². The first-order valence-corrected chi connectivity index (χ1v) is 7.66. The molecule has 1 amide bonds. The third kappa shape index (κ3) is 5.04. The average Bonchev–Trinajstić information content (AvgIpc) is 2.54. The van der Waals surface area contributed by atoms with E-state index in [4.69, 9.17) is 0 Å². The van der Waals surface area contributed by atoms with Crippen molar-refractivity contribution in [2.24, 2.45) is 0 Å². The van der Waals surface area contributed by atoms with Gasteiger partial charge >= 0.3 is 0 Å². The number of hydrogen-bond donors (Lipinski definition) is 1. The van der Waals surface area contributed by atoms with Crippen LogP contribution in [-0.4, -0.2) is 29.9 Å². The van der Waals surface area contributed by atoms with Gasteiger partial charge in [0.25, 0.3) is 0 Å². The standard InChI is InChI=1S/C19H23N3O/c1-4-8-17(16-9-6-5-7-10-16)19(23)21-18-12-11-15(13-20-18)14-22(2)3/h4-7,9-13,17H,1,8,14H2,2-3H3,(H,20,21,23). The van der Waals surface area contributed by atoms with E-state index in [9.17, 15) is 4.79 Å². The lowest BCUT2D eigenvalue weighted by atomic mass is 9.95. The smallest absolute Gasteiger partial charge is 0.233 e. The number of pyridine rings is 1. The van der Waals surface area contributed by atoms with Gasteiger partial charge in [-0.3, -0.25) is 4.79 Å². The first-order valence-electron chi connectivity index (χ1n) is 7.66. The average molecular weight is 309 g/mol. The summed E-state index contributed by atoms with van der Waals surface area (Å²) in [5.41, 5.74) is 2.09. The van der Waals surface area contributed by atoms with Crippen molar-refractivity contribution in [3.05, 3.63) is 72.4 Å². The molecule has 4 heteroatoms. The molecule has 2 aromatic rings. The Morgan fingerprint density at radius 2 is 2.00 bits per heavy atom. The lowest BCUT2D eigenvalue weighted by Gasteiger charge is -2.15. The minimum Gasteiger partial charge on any atom is -0.310 e. The van der Waals surface area contributed by atoms with Crippen LogP contribution in [0.5, 0.6) is 0 Å². The van der Waals surface area contributed by atoms with E-state index < -0.39 is 0 Å². The Bertz CT molecular complexity index is 635. The summed E-state index contributed by atoms with van der Waals surface area (Å²) in [7, 11) is 4.02. The molecule has 1 aromatic heterocycles. The minimum atomic E-state index is -0.253. The van der Waals surface area contributed by atoms with E-state index in [1.807, 2.05) is 56.6 Å². The number of allylic oxidation sites excluding steroid dienone is 1. The van der Waals surface area contributed by atoms with Gasteiger partial charge in [0.15, 0.2) is 0 Å². The van der Waals surface area contributed by atoms with Gasteiger partial charge in [-0.1, -0.05) is 42.5 Å². The second kappa shape index (κ2) is 8.25. The van der Waals surface area contributed by atoms with E-state index in [0.29, 0.717) is 12.2 Å². The lowest BCUT2D eigenvalue weighted by molar-refractivity contribution is -0.117. The largest absolute Gasteiger partial charge is 0.310 e. The number of carbonyl (C=O) groups is 1. The monoisotopic (exact) mass is 309 g/mol. The van der Waals surface area contributed by atoms with Gasteiger partial charge in [-0.05, 0) is 37.7 Å². The van der Waals surface area contributed by atoms with Crippen molar-refractivity contribution in [3.63, 3.8) is 0 Å². The number of aromatic nitrogens is 1. The van der Waals surface area contributed by atoms with E-state index in [1.54, 1.807) is 12.3 Å². The van der Waals surface area contributed by atoms with Crippen molar-refractivity contribution in [2.75, 3.05) is 19.4 Å². The van der Waals surface area contributed by atoms with Gasteiger partial charge in [0.1, 0.15) is 5.82 Å². The molecule has 2 rings (SSSR count). The minimum absolute atomic E-state index is 0.0658. The van der Waals surface area contributed by atoms with Crippen LogP contribution in [0.15, 0.2) is 61.3 Å². The van der Waals surface area contributed by atoms with Gasteiger partial charge in [-0.2, -0.15) is 0 Å². The third-order valence-electron chi connectivity index (χ3n) is 3.50. The van der Waals surface area contributed by atoms with Gasteiger partial charge in [-0.25, -0.2) is 4.98 Å². The normalized spacial score (nSPS) is 12.0. The van der Waals surface area contributed by atoms with Crippen molar-refractivity contribution in [2.45, 2.75) is 18.9 Å². The molecular weight excluding hydrogens is 286 g/mol. The zero-order valence-corrected chi connectivity index (χ0v) is 13.7. The Balaban J connectivity index is 2.08. The maximum Gasteiger partial charge on any atom is 0.233 e. The fourth-order valence-corrected chi connectivity index (χ4v) is 2.42. The molecule has 4 nitrogen and oxygen atoms in total. The number of hydrogen-bond acceptors (Lipinski definition) is 3. The van der Waals surface area contributed by atoms with E-state index in [2.05, 4.69) is 21.8 Å². The van der Waals surface area contributed by atoms with Crippen LogP contribution in [0.3, 0.4) is 0 Å². The summed E-state index contributed by atoms with van der Waals surface area (Å²) in [6.45, 7) is 4.58. The fraction of sp³-hybridized carbons (Fsp3) is 0.263. The summed E-state index contributed by atoms with van der Waals surface area (Å²) in [6, 6.07) is 13.6. The van der Waals surface area contributed by atoms with E-state index in [1.165, 1.54) is 0 Å². The van der Waals surface area contributed by atoms with Crippen molar-refractivity contribution in [1.29, 1.82) is 0 Å². The third-order valence-corrected chi connectivity index (χ3v) is 3.50. The number of nitrogens with zero attached hydrogens (tertiary/aromatic N) is 2. The molecule has 1 heterocycles. The van der Waals surface area contributed by atoms with Crippen LogP contribution in [0, 0.1) is 0 Å². The number of carbonyl (C=O) groups excluding carboxylic acids is 1. The maximum absolute atomic E-state index is 12.6. The summed E-state index contributed by atoms with van der Waals surface area (Å²) in [4.78, 5) is 19.0. The zero-order chi connectivity index (χ0) is 16.7. The molecule has 23 heavy (non-hydrogen) atoms. The molecule has 0 saturated carbocycles. The quantitative estimate of drug-likeness (QED) is 0.797. The summed E-state index contributed by atoms with van der Waals surface area (Å²) >= 11 is 0. The molecule has 0 aliphatic carbocycles. The SMILES string of the molecule is C=CCC(C(=O)Nc1ccc(CN(C)C)cn1)c1ccccc1. The van der Waals surface area contributed by atoms with Crippen LogP contribution in [0.25, 0.3) is 0 Å². The van der Waals surface area contributed by atoms with Crippen LogP contribution in [0.1, 0.15) is 23.5 Å². The van der Waals surface area contributed by atoms with E-state index >= 15 is 0 Å². The van der Waals surface area contributed by atoms with Gasteiger partial charge in [-0.15, -0.1) is 6.58 Å². The number of nitrogens with one attached hydrogen (secondary N) is 1. The summed E-state index contributed by atoms with van der Waals surface area (Å²) < 4.78 is 0. The highest BCUT2D eigenvalue weighted by Gasteiger charge is 2.19. The molecular formula is C19H23N3O. The zero-order valence-electron chi connectivity index (χ0n) is 13.7. The topological polar surface area (TPSA) is 45.2 Å². The molecule has 0 aliphatic rings. The summed E-state index contributed by atoms with van der Waals surface area (Å²) in [6.07, 6.45) is 4.15. The highest BCUT2D eigenvalue weighted by molar-refractivity contribution is 5.95. The number of amides is 1. The number of rotatable bonds is 7. The van der Waals surface area contributed by atoms with E-state index in [0.717, 1.165) is 17.7 Å². The molecule has 0 bridgehead atoms. The molecule has 1 N–H and O–H groups in total. The van der Waals surface area contributed by atoms with Gasteiger partial charge < -0.3 is 10.2 Å². The van der Waals surface area contributed by atoms with Crippen molar-refractivity contribution in [3.8, 4) is 0 Å².